The molecule has 3 atom stereocenters. The van der Waals surface area contributed by atoms with Crippen LogP contribution in [0.15, 0.2) is 24.3 Å². The van der Waals surface area contributed by atoms with Crippen molar-refractivity contribution in [1.82, 2.24) is 9.80 Å². The highest BCUT2D eigenvalue weighted by Gasteiger charge is 2.49. The molecule has 0 spiro atoms. The van der Waals surface area contributed by atoms with E-state index in [1.807, 2.05) is 24.3 Å². The summed E-state index contributed by atoms with van der Waals surface area (Å²) in [5.74, 6) is 0.329. The Kier molecular flexibility index (Phi) is 4.13. The molecule has 1 aromatic rings. The monoisotopic (exact) mass is 320 g/mol. The Morgan fingerprint density at radius 2 is 2.00 bits per heavy atom. The molecule has 1 aliphatic carbocycles. The van der Waals surface area contributed by atoms with Crippen LogP contribution in [0.2, 0.25) is 5.02 Å². The fraction of sp³-hybridized carbons (Fsp3) is 0.529. The predicted molar refractivity (Wildman–Crippen MR) is 85.7 cm³/mol. The minimum Gasteiger partial charge on any atom is -0.347 e. The normalized spacial score (nSPS) is 26.9. The lowest BCUT2D eigenvalue weighted by Crippen LogP contribution is -2.46. The fourth-order valence-electron chi connectivity index (χ4n) is 3.39. The first kappa shape index (κ1) is 15.3. The predicted octanol–water partition coefficient (Wildman–Crippen LogP) is 2.52. The topological polar surface area (TPSA) is 40.6 Å². The highest BCUT2D eigenvalue weighted by molar-refractivity contribution is 6.31. The maximum Gasteiger partial charge on any atom is 0.244 e. The lowest BCUT2D eigenvalue weighted by atomic mass is 10.1. The van der Waals surface area contributed by atoms with Gasteiger partial charge in [-0.1, -0.05) is 29.8 Å². The second kappa shape index (κ2) is 5.92. The van der Waals surface area contributed by atoms with Crippen molar-refractivity contribution in [3.63, 3.8) is 0 Å². The lowest BCUT2D eigenvalue weighted by molar-refractivity contribution is -0.143. The van der Waals surface area contributed by atoms with Crippen LogP contribution in [0.4, 0.5) is 0 Å². The van der Waals surface area contributed by atoms with E-state index in [4.69, 9.17) is 11.6 Å². The van der Waals surface area contributed by atoms with Gasteiger partial charge in [0, 0.05) is 31.6 Å². The van der Waals surface area contributed by atoms with E-state index < -0.39 is 0 Å². The van der Waals surface area contributed by atoms with Gasteiger partial charge in [0.2, 0.25) is 11.8 Å². The molecular formula is C17H21ClN2O2. The van der Waals surface area contributed by atoms with Crippen molar-refractivity contribution in [3.8, 4) is 0 Å². The Bertz CT molecular complexity index is 602. The molecule has 0 N–H and O–H groups in total. The van der Waals surface area contributed by atoms with Gasteiger partial charge in [-0.15, -0.1) is 0 Å². The summed E-state index contributed by atoms with van der Waals surface area (Å²) in [7, 11) is 3.49. The van der Waals surface area contributed by atoms with E-state index in [1.54, 1.807) is 23.9 Å². The van der Waals surface area contributed by atoms with Crippen LogP contribution in [0, 0.1) is 5.92 Å². The standard InChI is InChI=1S/C17H21ClN2O2/c1-19(2)17(22)15-8-5-9-20(15)16(21)13-10-12(13)11-6-3-4-7-14(11)18/h3-4,6-7,12-13,15H,5,8-10H2,1-2H3. The SMILES string of the molecule is CN(C)C(=O)C1CCCN1C(=O)C1CC1c1ccccc1Cl. The number of likely N-dealkylation sites (tertiary alicyclic amines) is 1. The second-order valence-electron chi connectivity index (χ2n) is 6.39. The van der Waals surface area contributed by atoms with Gasteiger partial charge < -0.3 is 9.80 Å². The van der Waals surface area contributed by atoms with Gasteiger partial charge >= 0.3 is 0 Å². The number of carbonyl (C=O) groups is 2. The largest absolute Gasteiger partial charge is 0.347 e. The molecule has 1 saturated heterocycles. The van der Waals surface area contributed by atoms with Crippen LogP contribution < -0.4 is 0 Å². The van der Waals surface area contributed by atoms with Crippen LogP contribution in [0.5, 0.6) is 0 Å². The molecule has 3 rings (SSSR count). The molecule has 0 radical (unpaired) electrons. The third-order valence-corrected chi connectivity index (χ3v) is 5.02. The molecule has 2 fully saturated rings. The van der Waals surface area contributed by atoms with Crippen molar-refractivity contribution >= 4 is 23.4 Å². The summed E-state index contributed by atoms with van der Waals surface area (Å²) < 4.78 is 0. The summed E-state index contributed by atoms with van der Waals surface area (Å²) in [6, 6.07) is 7.43. The highest BCUT2D eigenvalue weighted by Crippen LogP contribution is 2.51. The molecule has 1 aliphatic heterocycles. The second-order valence-corrected chi connectivity index (χ2v) is 6.80. The highest BCUT2D eigenvalue weighted by atomic mass is 35.5. The summed E-state index contributed by atoms with van der Waals surface area (Å²) in [6.45, 7) is 0.689. The number of likely N-dealkylation sites (N-methyl/N-ethyl adjacent to an activating group) is 1. The van der Waals surface area contributed by atoms with Gasteiger partial charge in [-0.2, -0.15) is 0 Å². The minimum absolute atomic E-state index is 0.0181. The van der Waals surface area contributed by atoms with Gasteiger partial charge in [-0.3, -0.25) is 9.59 Å². The number of hydrogen-bond acceptors (Lipinski definition) is 2. The number of halogens is 1. The summed E-state index contributed by atoms with van der Waals surface area (Å²) in [6.07, 6.45) is 2.51. The van der Waals surface area contributed by atoms with Gasteiger partial charge in [0.05, 0.1) is 0 Å². The molecular weight excluding hydrogens is 300 g/mol. The summed E-state index contributed by atoms with van der Waals surface area (Å²) in [5.41, 5.74) is 1.05. The van der Waals surface area contributed by atoms with E-state index in [-0.39, 0.29) is 29.7 Å². The minimum atomic E-state index is -0.282. The quantitative estimate of drug-likeness (QED) is 0.858. The third-order valence-electron chi connectivity index (χ3n) is 4.67. The van der Waals surface area contributed by atoms with Gasteiger partial charge in [0.25, 0.3) is 0 Å². The van der Waals surface area contributed by atoms with Crippen LogP contribution in [0.3, 0.4) is 0 Å². The van der Waals surface area contributed by atoms with E-state index in [0.717, 1.165) is 29.8 Å². The molecule has 22 heavy (non-hydrogen) atoms. The van der Waals surface area contributed by atoms with Crippen molar-refractivity contribution < 1.29 is 9.59 Å². The zero-order valence-electron chi connectivity index (χ0n) is 13.0. The molecule has 1 saturated carbocycles. The van der Waals surface area contributed by atoms with E-state index in [2.05, 4.69) is 0 Å². The molecule has 1 heterocycles. The number of amides is 2. The van der Waals surface area contributed by atoms with E-state index in [9.17, 15) is 9.59 Å². The van der Waals surface area contributed by atoms with Gasteiger partial charge in [0.15, 0.2) is 0 Å². The Morgan fingerprint density at radius 1 is 1.27 bits per heavy atom. The molecule has 3 unspecified atom stereocenters. The van der Waals surface area contributed by atoms with E-state index in [0.29, 0.717) is 6.54 Å². The van der Waals surface area contributed by atoms with Gasteiger partial charge in [0.1, 0.15) is 6.04 Å². The molecule has 0 bridgehead atoms. The Balaban J connectivity index is 1.71. The van der Waals surface area contributed by atoms with E-state index in [1.165, 1.54) is 0 Å². The van der Waals surface area contributed by atoms with Crippen LogP contribution >= 0.6 is 11.6 Å². The molecule has 0 aromatic heterocycles. The van der Waals surface area contributed by atoms with Gasteiger partial charge in [-0.25, -0.2) is 0 Å². The number of benzene rings is 1. The van der Waals surface area contributed by atoms with Crippen molar-refractivity contribution in [2.24, 2.45) is 5.92 Å². The Morgan fingerprint density at radius 3 is 2.68 bits per heavy atom. The number of hydrogen-bond donors (Lipinski definition) is 0. The molecule has 2 amide bonds. The fourth-order valence-corrected chi connectivity index (χ4v) is 3.66. The van der Waals surface area contributed by atoms with Crippen LogP contribution in [0.1, 0.15) is 30.7 Å². The average Bonchev–Trinajstić information content (AvgIpc) is 3.13. The average molecular weight is 321 g/mol. The first-order valence-corrected chi connectivity index (χ1v) is 8.14. The van der Waals surface area contributed by atoms with Crippen molar-refractivity contribution in [1.29, 1.82) is 0 Å². The third kappa shape index (κ3) is 2.72. The molecule has 118 valence electrons. The lowest BCUT2D eigenvalue weighted by Gasteiger charge is -2.26. The zero-order valence-corrected chi connectivity index (χ0v) is 13.7. The smallest absolute Gasteiger partial charge is 0.244 e. The van der Waals surface area contributed by atoms with Crippen LogP contribution in [-0.2, 0) is 9.59 Å². The Hall–Kier alpha value is -1.55. The van der Waals surface area contributed by atoms with Crippen molar-refractivity contribution in [2.45, 2.75) is 31.2 Å². The van der Waals surface area contributed by atoms with Crippen LogP contribution in [-0.4, -0.2) is 48.3 Å². The van der Waals surface area contributed by atoms with Crippen LogP contribution in [0.25, 0.3) is 0 Å². The van der Waals surface area contributed by atoms with Crippen molar-refractivity contribution in [2.75, 3.05) is 20.6 Å². The van der Waals surface area contributed by atoms with Crippen molar-refractivity contribution in [3.05, 3.63) is 34.9 Å². The molecule has 4 nitrogen and oxygen atoms in total. The maximum atomic E-state index is 12.8. The number of nitrogens with zero attached hydrogens (tertiary/aromatic N) is 2. The summed E-state index contributed by atoms with van der Waals surface area (Å²) in [4.78, 5) is 28.3. The maximum absolute atomic E-state index is 12.8. The van der Waals surface area contributed by atoms with E-state index >= 15 is 0 Å². The molecule has 1 aromatic carbocycles. The number of carbonyl (C=O) groups excluding carboxylic acids is 2. The first-order valence-electron chi connectivity index (χ1n) is 7.76. The Labute approximate surface area is 136 Å². The van der Waals surface area contributed by atoms with Gasteiger partial charge in [-0.05, 0) is 36.8 Å². The number of rotatable bonds is 3. The summed E-state index contributed by atoms with van der Waals surface area (Å²) in [5, 5.41) is 0.727. The first-order chi connectivity index (χ1) is 10.5. The zero-order chi connectivity index (χ0) is 15.9. The molecule has 5 heteroatoms. The molecule has 2 aliphatic rings. The summed E-state index contributed by atoms with van der Waals surface area (Å²) >= 11 is 6.22.